The van der Waals surface area contributed by atoms with Gasteiger partial charge in [-0.3, -0.25) is 14.8 Å². The number of hydrogen-bond donors (Lipinski definition) is 2. The monoisotopic (exact) mass is 314 g/mol. The Bertz CT molecular complexity index is 668. The molecule has 2 fully saturated rings. The maximum atomic E-state index is 13.0. The Kier molecular flexibility index (Phi) is 3.41. The third-order valence-electron chi connectivity index (χ3n) is 5.73. The second-order valence-corrected chi connectivity index (χ2v) is 7.21. The second kappa shape index (κ2) is 5.34. The number of fused-ring (bicyclic) bond motifs is 1. The third kappa shape index (κ3) is 2.43. The molecule has 1 aromatic rings. The highest BCUT2D eigenvalue weighted by Crippen LogP contribution is 2.45. The zero-order valence-corrected chi connectivity index (χ0v) is 13.2. The van der Waals surface area contributed by atoms with E-state index in [4.69, 9.17) is 5.21 Å². The fourth-order valence-corrected chi connectivity index (χ4v) is 4.30. The summed E-state index contributed by atoms with van der Waals surface area (Å²) in [4.78, 5) is 26.7. The molecule has 5 heteroatoms. The highest BCUT2D eigenvalue weighted by atomic mass is 16.5. The SMILES string of the molecule is O=C(NO)c1ccc2c(c1)CC[C@]1(CCCN(C3CC3)C1=O)C2. The molecule has 1 saturated heterocycles. The molecule has 122 valence electrons. The number of hydrogen-bond acceptors (Lipinski definition) is 3. The van der Waals surface area contributed by atoms with Crippen molar-refractivity contribution in [3.8, 4) is 0 Å². The van der Waals surface area contributed by atoms with Crippen LogP contribution in [0.1, 0.15) is 53.6 Å². The first-order valence-corrected chi connectivity index (χ1v) is 8.50. The summed E-state index contributed by atoms with van der Waals surface area (Å²) in [7, 11) is 0. The molecule has 1 heterocycles. The molecular weight excluding hydrogens is 292 g/mol. The van der Waals surface area contributed by atoms with Gasteiger partial charge in [0.1, 0.15) is 0 Å². The molecule has 0 unspecified atom stereocenters. The van der Waals surface area contributed by atoms with Crippen molar-refractivity contribution < 1.29 is 14.8 Å². The van der Waals surface area contributed by atoms with Gasteiger partial charge in [0.2, 0.25) is 5.91 Å². The van der Waals surface area contributed by atoms with Crippen molar-refractivity contribution in [1.82, 2.24) is 10.4 Å². The maximum absolute atomic E-state index is 13.0. The molecule has 23 heavy (non-hydrogen) atoms. The Morgan fingerprint density at radius 1 is 1.26 bits per heavy atom. The number of benzene rings is 1. The van der Waals surface area contributed by atoms with Gasteiger partial charge in [-0.2, -0.15) is 0 Å². The van der Waals surface area contributed by atoms with E-state index < -0.39 is 5.91 Å². The minimum absolute atomic E-state index is 0.228. The van der Waals surface area contributed by atoms with Gasteiger partial charge in [0.15, 0.2) is 0 Å². The number of carbonyl (C=O) groups is 2. The summed E-state index contributed by atoms with van der Waals surface area (Å²) < 4.78 is 0. The van der Waals surface area contributed by atoms with Crippen molar-refractivity contribution >= 4 is 11.8 Å². The first-order valence-electron chi connectivity index (χ1n) is 8.50. The van der Waals surface area contributed by atoms with Crippen molar-refractivity contribution in [2.45, 2.75) is 51.0 Å². The Balaban J connectivity index is 1.60. The first kappa shape index (κ1) is 14.7. The van der Waals surface area contributed by atoms with Crippen LogP contribution in [0.4, 0.5) is 0 Å². The highest BCUT2D eigenvalue weighted by molar-refractivity contribution is 5.93. The number of amides is 2. The lowest BCUT2D eigenvalue weighted by Gasteiger charge is -2.44. The Hall–Kier alpha value is -1.88. The fraction of sp³-hybridized carbons (Fsp3) is 0.556. The summed E-state index contributed by atoms with van der Waals surface area (Å²) >= 11 is 0. The van der Waals surface area contributed by atoms with Gasteiger partial charge in [0.05, 0.1) is 5.41 Å². The number of likely N-dealkylation sites (tertiary alicyclic amines) is 1. The van der Waals surface area contributed by atoms with Crippen LogP contribution in [-0.4, -0.2) is 34.5 Å². The molecule has 5 nitrogen and oxygen atoms in total. The minimum Gasteiger partial charge on any atom is -0.339 e. The average molecular weight is 314 g/mol. The normalized spacial score (nSPS) is 27.0. The van der Waals surface area contributed by atoms with Gasteiger partial charge in [0, 0.05) is 18.2 Å². The van der Waals surface area contributed by atoms with Gasteiger partial charge in [-0.05, 0) is 68.2 Å². The number of nitrogens with one attached hydrogen (secondary N) is 1. The molecule has 2 amide bonds. The summed E-state index contributed by atoms with van der Waals surface area (Å²) in [5.41, 5.74) is 4.23. The molecule has 1 saturated carbocycles. The molecule has 2 aliphatic carbocycles. The van der Waals surface area contributed by atoms with Crippen LogP contribution in [-0.2, 0) is 17.6 Å². The maximum Gasteiger partial charge on any atom is 0.274 e. The van der Waals surface area contributed by atoms with Crippen LogP contribution < -0.4 is 5.48 Å². The van der Waals surface area contributed by atoms with E-state index in [1.807, 2.05) is 12.1 Å². The molecule has 0 aromatic heterocycles. The lowest BCUT2D eigenvalue weighted by Crippen LogP contribution is -2.52. The second-order valence-electron chi connectivity index (χ2n) is 7.21. The quantitative estimate of drug-likeness (QED) is 0.648. The fourth-order valence-electron chi connectivity index (χ4n) is 4.30. The number of carbonyl (C=O) groups excluding carboxylic acids is 2. The Morgan fingerprint density at radius 2 is 2.09 bits per heavy atom. The summed E-state index contributed by atoms with van der Waals surface area (Å²) in [5, 5.41) is 8.76. The Labute approximate surface area is 135 Å². The molecule has 2 N–H and O–H groups in total. The van der Waals surface area contributed by atoms with Gasteiger partial charge < -0.3 is 4.90 Å². The zero-order valence-electron chi connectivity index (χ0n) is 13.2. The van der Waals surface area contributed by atoms with Crippen LogP contribution in [0.5, 0.6) is 0 Å². The van der Waals surface area contributed by atoms with E-state index in [0.717, 1.165) is 57.1 Å². The van der Waals surface area contributed by atoms with Crippen LogP contribution in [0, 0.1) is 5.41 Å². The van der Waals surface area contributed by atoms with Crippen LogP contribution in [0.3, 0.4) is 0 Å². The van der Waals surface area contributed by atoms with E-state index in [1.165, 1.54) is 5.56 Å². The largest absolute Gasteiger partial charge is 0.339 e. The summed E-state index contributed by atoms with van der Waals surface area (Å²) in [6.45, 7) is 0.924. The minimum atomic E-state index is -0.485. The standard InChI is InChI=1S/C18H22N2O3/c21-16(19-23)13-2-3-14-11-18(8-6-12(14)10-13)7-1-9-20(17(18)22)15-4-5-15/h2-3,10,15,23H,1,4-9,11H2,(H,19,21)/t18-/m1/s1. The predicted molar refractivity (Wildman–Crippen MR) is 84.1 cm³/mol. The lowest BCUT2D eigenvalue weighted by atomic mass is 9.66. The molecule has 0 radical (unpaired) electrons. The number of hydroxylamine groups is 1. The molecular formula is C18H22N2O3. The van der Waals surface area contributed by atoms with Crippen LogP contribution in [0.25, 0.3) is 0 Å². The zero-order chi connectivity index (χ0) is 16.0. The number of aryl methyl sites for hydroxylation is 1. The van der Waals surface area contributed by atoms with Crippen LogP contribution in [0.2, 0.25) is 0 Å². The topological polar surface area (TPSA) is 69.6 Å². The molecule has 3 aliphatic rings. The molecule has 1 spiro atoms. The van der Waals surface area contributed by atoms with Crippen molar-refractivity contribution in [3.05, 3.63) is 34.9 Å². The van der Waals surface area contributed by atoms with Gasteiger partial charge in [-0.25, -0.2) is 5.48 Å². The van der Waals surface area contributed by atoms with Gasteiger partial charge in [0.25, 0.3) is 5.91 Å². The van der Waals surface area contributed by atoms with E-state index in [9.17, 15) is 9.59 Å². The summed E-state index contributed by atoms with van der Waals surface area (Å²) in [6, 6.07) is 6.02. The summed E-state index contributed by atoms with van der Waals surface area (Å²) in [6.07, 6.45) is 6.88. The average Bonchev–Trinajstić information content (AvgIpc) is 3.41. The molecule has 4 rings (SSSR count). The number of piperidine rings is 1. The van der Waals surface area contributed by atoms with Gasteiger partial charge in [-0.1, -0.05) is 6.07 Å². The third-order valence-corrected chi connectivity index (χ3v) is 5.73. The molecule has 0 bridgehead atoms. The molecule has 1 aromatic carbocycles. The summed E-state index contributed by atoms with van der Waals surface area (Å²) in [5.74, 6) is -0.129. The van der Waals surface area contributed by atoms with E-state index in [2.05, 4.69) is 4.90 Å². The van der Waals surface area contributed by atoms with Gasteiger partial charge in [-0.15, -0.1) is 0 Å². The highest BCUT2D eigenvalue weighted by Gasteiger charge is 2.48. The van der Waals surface area contributed by atoms with Crippen molar-refractivity contribution in [1.29, 1.82) is 0 Å². The lowest BCUT2D eigenvalue weighted by molar-refractivity contribution is -0.148. The van der Waals surface area contributed by atoms with Crippen molar-refractivity contribution in [2.24, 2.45) is 5.41 Å². The molecule has 1 atom stereocenters. The van der Waals surface area contributed by atoms with E-state index >= 15 is 0 Å². The van der Waals surface area contributed by atoms with Crippen molar-refractivity contribution in [3.63, 3.8) is 0 Å². The smallest absolute Gasteiger partial charge is 0.274 e. The number of rotatable bonds is 2. The van der Waals surface area contributed by atoms with Crippen LogP contribution in [0.15, 0.2) is 18.2 Å². The molecule has 1 aliphatic heterocycles. The first-order chi connectivity index (χ1) is 11.1. The van der Waals surface area contributed by atoms with E-state index in [0.29, 0.717) is 17.5 Å². The number of nitrogens with zero attached hydrogens (tertiary/aromatic N) is 1. The van der Waals surface area contributed by atoms with Crippen molar-refractivity contribution in [2.75, 3.05) is 6.54 Å². The predicted octanol–water partition coefficient (Wildman–Crippen LogP) is 2.07. The van der Waals surface area contributed by atoms with E-state index in [1.54, 1.807) is 11.5 Å². The van der Waals surface area contributed by atoms with Crippen LogP contribution >= 0.6 is 0 Å². The van der Waals surface area contributed by atoms with Gasteiger partial charge >= 0.3 is 0 Å². The Morgan fingerprint density at radius 3 is 2.83 bits per heavy atom. The van der Waals surface area contributed by atoms with E-state index in [-0.39, 0.29) is 5.41 Å².